The number of carboxylic acid groups (broad SMARTS) is 2. The molecule has 0 amide bonds. The second-order valence-electron chi connectivity index (χ2n) is 7.26. The zero-order valence-electron chi connectivity index (χ0n) is 17.7. The number of allylic oxidation sites excluding steroid dienone is 1. The van der Waals surface area contributed by atoms with Gasteiger partial charge in [0.25, 0.3) is 0 Å². The number of amidine groups is 1. The third-order valence-electron chi connectivity index (χ3n) is 4.98. The van der Waals surface area contributed by atoms with E-state index in [1.54, 1.807) is 0 Å². The Kier molecular flexibility index (Phi) is 8.82. The Labute approximate surface area is 205 Å². The number of carboxylic acids is 2. The average molecular weight is 533 g/mol. The molecule has 1 fully saturated rings. The summed E-state index contributed by atoms with van der Waals surface area (Å²) in [5.41, 5.74) is 4.44. The third-order valence-corrected chi connectivity index (χ3v) is 5.81. The largest absolute Gasteiger partial charge is 0.478 e. The first-order chi connectivity index (χ1) is 15.8. The van der Waals surface area contributed by atoms with E-state index in [0.717, 1.165) is 64.8 Å². The minimum atomic E-state index is -1.26. The highest BCUT2D eigenvalue weighted by atomic mass is 79.9. The monoisotopic (exact) mass is 531 g/mol. The SMILES string of the molecule is Clc1ccccc1C1=CCc2cc(Br)ccc2N=C1N1CCNCC1.O=C(O)/C=C/C(=O)O. The highest BCUT2D eigenvalue weighted by Crippen LogP contribution is 2.33. The third kappa shape index (κ3) is 7.02. The van der Waals surface area contributed by atoms with Gasteiger partial charge in [-0.15, -0.1) is 0 Å². The van der Waals surface area contributed by atoms with Crippen molar-refractivity contribution in [1.29, 1.82) is 0 Å². The number of aliphatic carboxylic acids is 2. The summed E-state index contributed by atoms with van der Waals surface area (Å²) < 4.78 is 1.08. The molecule has 2 heterocycles. The molecule has 7 nitrogen and oxygen atoms in total. The van der Waals surface area contributed by atoms with Crippen molar-refractivity contribution >= 4 is 56.6 Å². The van der Waals surface area contributed by atoms with Crippen LogP contribution in [0.1, 0.15) is 11.1 Å². The van der Waals surface area contributed by atoms with Gasteiger partial charge in [0, 0.05) is 59.0 Å². The van der Waals surface area contributed by atoms with Crippen LogP contribution in [0, 0.1) is 0 Å². The fourth-order valence-corrected chi connectivity index (χ4v) is 4.12. The molecule has 0 unspecified atom stereocenters. The number of nitrogens with zero attached hydrogens (tertiary/aromatic N) is 2. The van der Waals surface area contributed by atoms with Crippen LogP contribution in [-0.2, 0) is 16.0 Å². The van der Waals surface area contributed by atoms with Crippen molar-refractivity contribution in [1.82, 2.24) is 10.2 Å². The van der Waals surface area contributed by atoms with E-state index < -0.39 is 11.9 Å². The number of hydrogen-bond donors (Lipinski definition) is 3. The van der Waals surface area contributed by atoms with Gasteiger partial charge >= 0.3 is 11.9 Å². The quantitative estimate of drug-likeness (QED) is 0.507. The van der Waals surface area contributed by atoms with E-state index in [4.69, 9.17) is 26.8 Å². The number of halogens is 2. The van der Waals surface area contributed by atoms with Crippen LogP contribution >= 0.6 is 27.5 Å². The highest BCUT2D eigenvalue weighted by molar-refractivity contribution is 9.10. The van der Waals surface area contributed by atoms with Crippen LogP contribution in [0.5, 0.6) is 0 Å². The van der Waals surface area contributed by atoms with Gasteiger partial charge in [-0.25, -0.2) is 14.6 Å². The summed E-state index contributed by atoms with van der Waals surface area (Å²) in [5, 5.41) is 19.8. The lowest BCUT2D eigenvalue weighted by Gasteiger charge is -2.31. The lowest BCUT2D eigenvalue weighted by molar-refractivity contribution is -0.134. The molecule has 0 aromatic heterocycles. The van der Waals surface area contributed by atoms with Crippen molar-refractivity contribution in [3.05, 3.63) is 81.3 Å². The molecule has 2 aliphatic heterocycles. The first-order valence-electron chi connectivity index (χ1n) is 10.3. The van der Waals surface area contributed by atoms with Gasteiger partial charge < -0.3 is 20.4 Å². The molecule has 0 atom stereocenters. The Balaban J connectivity index is 0.000000331. The van der Waals surface area contributed by atoms with Crippen molar-refractivity contribution in [2.24, 2.45) is 4.99 Å². The van der Waals surface area contributed by atoms with E-state index in [-0.39, 0.29) is 0 Å². The fraction of sp³-hybridized carbons (Fsp3) is 0.208. The maximum absolute atomic E-state index is 9.55. The number of hydrogen-bond acceptors (Lipinski definition) is 5. The smallest absolute Gasteiger partial charge is 0.328 e. The van der Waals surface area contributed by atoms with E-state index in [2.05, 4.69) is 56.5 Å². The summed E-state index contributed by atoms with van der Waals surface area (Å²) >= 11 is 10.1. The molecule has 0 saturated carbocycles. The average Bonchev–Trinajstić information content (AvgIpc) is 2.98. The minimum Gasteiger partial charge on any atom is -0.478 e. The first-order valence-corrected chi connectivity index (χ1v) is 11.4. The van der Waals surface area contributed by atoms with Crippen molar-refractivity contribution in [3.63, 3.8) is 0 Å². The number of nitrogens with one attached hydrogen (secondary N) is 1. The van der Waals surface area contributed by atoms with E-state index in [0.29, 0.717) is 12.2 Å². The number of fused-ring (bicyclic) bond motifs is 1. The molecule has 4 rings (SSSR count). The van der Waals surface area contributed by atoms with Gasteiger partial charge in [-0.1, -0.05) is 51.8 Å². The van der Waals surface area contributed by atoms with Gasteiger partial charge in [0.15, 0.2) is 0 Å². The van der Waals surface area contributed by atoms with Crippen molar-refractivity contribution in [2.45, 2.75) is 6.42 Å². The van der Waals surface area contributed by atoms with Gasteiger partial charge in [-0.3, -0.25) is 0 Å². The molecular formula is C24H23BrClN3O4. The summed E-state index contributed by atoms with van der Waals surface area (Å²) in [6.07, 6.45) is 4.22. The highest BCUT2D eigenvalue weighted by Gasteiger charge is 2.23. The van der Waals surface area contributed by atoms with Gasteiger partial charge in [0.05, 0.1) is 5.69 Å². The molecule has 172 valence electrons. The van der Waals surface area contributed by atoms with Gasteiger partial charge in [-0.2, -0.15) is 0 Å². The van der Waals surface area contributed by atoms with Crippen LogP contribution in [0.15, 0.2) is 70.2 Å². The van der Waals surface area contributed by atoms with Crippen LogP contribution in [0.2, 0.25) is 5.02 Å². The molecule has 0 spiro atoms. The van der Waals surface area contributed by atoms with Crippen molar-refractivity contribution in [2.75, 3.05) is 26.2 Å². The van der Waals surface area contributed by atoms with Crippen LogP contribution in [-0.4, -0.2) is 59.1 Å². The molecule has 0 bridgehead atoms. The summed E-state index contributed by atoms with van der Waals surface area (Å²) in [7, 11) is 0. The molecule has 2 aromatic rings. The van der Waals surface area contributed by atoms with Crippen LogP contribution in [0.4, 0.5) is 5.69 Å². The number of carbonyl (C=O) groups is 2. The molecule has 1 saturated heterocycles. The Morgan fingerprint density at radius 2 is 1.73 bits per heavy atom. The summed E-state index contributed by atoms with van der Waals surface area (Å²) in [6.45, 7) is 3.85. The zero-order valence-corrected chi connectivity index (χ0v) is 20.0. The minimum absolute atomic E-state index is 0.558. The van der Waals surface area contributed by atoms with E-state index in [1.165, 1.54) is 5.56 Å². The molecule has 9 heteroatoms. The molecule has 33 heavy (non-hydrogen) atoms. The van der Waals surface area contributed by atoms with E-state index in [9.17, 15) is 9.59 Å². The number of aliphatic imine (C=N–C) groups is 1. The Bertz CT molecular complexity index is 1110. The van der Waals surface area contributed by atoms with Crippen molar-refractivity contribution < 1.29 is 19.8 Å². The predicted molar refractivity (Wildman–Crippen MR) is 133 cm³/mol. The number of rotatable bonds is 3. The van der Waals surface area contributed by atoms with Crippen LogP contribution in [0.25, 0.3) is 5.57 Å². The topological polar surface area (TPSA) is 102 Å². The van der Waals surface area contributed by atoms with Gasteiger partial charge in [0.1, 0.15) is 5.84 Å². The van der Waals surface area contributed by atoms with E-state index >= 15 is 0 Å². The molecule has 2 aliphatic rings. The second-order valence-corrected chi connectivity index (χ2v) is 8.58. The van der Waals surface area contributed by atoms with Crippen LogP contribution in [0.3, 0.4) is 0 Å². The maximum Gasteiger partial charge on any atom is 0.328 e. The molecule has 0 radical (unpaired) electrons. The number of piperazine rings is 1. The lowest BCUT2D eigenvalue weighted by Crippen LogP contribution is -2.46. The zero-order chi connectivity index (χ0) is 23.8. The Morgan fingerprint density at radius 3 is 2.36 bits per heavy atom. The second kappa shape index (κ2) is 11.8. The Hall–Kier alpha value is -2.94. The van der Waals surface area contributed by atoms with Gasteiger partial charge in [-0.05, 0) is 36.2 Å². The summed E-state index contributed by atoms with van der Waals surface area (Å²) in [4.78, 5) is 26.5. The molecular weight excluding hydrogens is 510 g/mol. The summed E-state index contributed by atoms with van der Waals surface area (Å²) in [6, 6.07) is 14.3. The van der Waals surface area contributed by atoms with Crippen molar-refractivity contribution in [3.8, 4) is 0 Å². The first kappa shape index (κ1) is 24.7. The Morgan fingerprint density at radius 1 is 1.06 bits per heavy atom. The standard InChI is InChI=1S/C20H19BrClN3.C4H4O4/c21-15-6-8-19-14(13-15)5-7-17(16-3-1-2-4-18(16)22)20(24-19)25-11-9-23-10-12-25;5-3(6)1-2-4(7)8/h1-4,6-8,13,23H,5,9-12H2;1-2H,(H,5,6)(H,7,8)/b;2-1+. The lowest BCUT2D eigenvalue weighted by atomic mass is 10.0. The van der Waals surface area contributed by atoms with Crippen LogP contribution < -0.4 is 5.32 Å². The summed E-state index contributed by atoms with van der Waals surface area (Å²) in [5.74, 6) is -1.49. The fourth-order valence-electron chi connectivity index (χ4n) is 3.47. The van der Waals surface area contributed by atoms with Gasteiger partial charge in [0.2, 0.25) is 0 Å². The van der Waals surface area contributed by atoms with E-state index in [1.807, 2.05) is 18.2 Å². The molecule has 3 N–H and O–H groups in total. The molecule has 2 aromatic carbocycles. The number of benzene rings is 2. The normalized spacial score (nSPS) is 15.5. The predicted octanol–water partition coefficient (Wildman–Crippen LogP) is 4.39. The molecule has 0 aliphatic carbocycles. The maximum atomic E-state index is 9.55.